The van der Waals surface area contributed by atoms with Gasteiger partial charge in [-0.3, -0.25) is 14.7 Å². The molecule has 0 saturated carbocycles. The van der Waals surface area contributed by atoms with E-state index in [1.807, 2.05) is 32.0 Å². The minimum absolute atomic E-state index is 0.0454. The van der Waals surface area contributed by atoms with Gasteiger partial charge in [-0.1, -0.05) is 41.1 Å². The molecule has 32 heavy (non-hydrogen) atoms. The molecule has 2 aromatic heterocycles. The van der Waals surface area contributed by atoms with Gasteiger partial charge in [0.2, 0.25) is 5.91 Å². The smallest absolute Gasteiger partial charge is 0.244 e. The standard InChI is InChI=1S/C23H20ClN3O3S2/c1-15-6-7-16(2)22-21(15)26-23(31-22)27(13-18-5-3-4-12-25-18)20(28)14-32(29,30)19-10-8-17(24)9-11-19/h3-12H,13-14H2,1-2H3. The average Bonchev–Trinajstić information content (AvgIpc) is 3.22. The Morgan fingerprint density at radius 2 is 1.75 bits per heavy atom. The highest BCUT2D eigenvalue weighted by molar-refractivity contribution is 7.92. The lowest BCUT2D eigenvalue weighted by atomic mass is 10.1. The fourth-order valence-electron chi connectivity index (χ4n) is 3.25. The van der Waals surface area contributed by atoms with Gasteiger partial charge in [-0.2, -0.15) is 0 Å². The molecule has 0 N–H and O–H groups in total. The van der Waals surface area contributed by atoms with E-state index in [2.05, 4.69) is 9.97 Å². The number of carbonyl (C=O) groups excluding carboxylic acids is 1. The van der Waals surface area contributed by atoms with E-state index in [1.54, 1.807) is 18.3 Å². The molecule has 0 aliphatic carbocycles. The number of anilines is 1. The Balaban J connectivity index is 1.72. The highest BCUT2D eigenvalue weighted by Gasteiger charge is 2.27. The monoisotopic (exact) mass is 485 g/mol. The van der Waals surface area contributed by atoms with Gasteiger partial charge in [-0.15, -0.1) is 0 Å². The van der Waals surface area contributed by atoms with Gasteiger partial charge in [0, 0.05) is 11.2 Å². The maximum atomic E-state index is 13.3. The summed E-state index contributed by atoms with van der Waals surface area (Å²) in [6.45, 7) is 4.06. The number of halogens is 1. The molecule has 0 unspecified atom stereocenters. The van der Waals surface area contributed by atoms with E-state index >= 15 is 0 Å². The molecule has 0 spiro atoms. The van der Waals surface area contributed by atoms with Crippen molar-refractivity contribution >= 4 is 54.0 Å². The van der Waals surface area contributed by atoms with Crippen LogP contribution in [0.4, 0.5) is 5.13 Å². The van der Waals surface area contributed by atoms with Crippen molar-refractivity contribution < 1.29 is 13.2 Å². The van der Waals surface area contributed by atoms with Crippen LogP contribution in [-0.2, 0) is 21.2 Å². The third-order valence-corrected chi connectivity index (χ3v) is 8.08. The van der Waals surface area contributed by atoms with E-state index in [-0.39, 0.29) is 11.4 Å². The molecule has 4 aromatic rings. The van der Waals surface area contributed by atoms with Crippen LogP contribution >= 0.6 is 22.9 Å². The molecular formula is C23H20ClN3O3S2. The third kappa shape index (κ3) is 4.67. The number of carbonyl (C=O) groups is 1. The van der Waals surface area contributed by atoms with Crippen LogP contribution in [0.2, 0.25) is 5.02 Å². The quantitative estimate of drug-likeness (QED) is 0.385. The van der Waals surface area contributed by atoms with Crippen LogP contribution in [0.3, 0.4) is 0 Å². The topological polar surface area (TPSA) is 80.2 Å². The number of aromatic nitrogens is 2. The molecular weight excluding hydrogens is 466 g/mol. The molecule has 0 aliphatic heterocycles. The van der Waals surface area contributed by atoms with Crippen LogP contribution in [0.15, 0.2) is 65.7 Å². The zero-order valence-corrected chi connectivity index (χ0v) is 19.8. The lowest BCUT2D eigenvalue weighted by molar-refractivity contribution is -0.116. The number of pyridine rings is 1. The second-order valence-corrected chi connectivity index (χ2v) is 10.8. The number of rotatable bonds is 6. The van der Waals surface area contributed by atoms with E-state index in [4.69, 9.17) is 11.6 Å². The average molecular weight is 486 g/mol. The first-order chi connectivity index (χ1) is 15.2. The summed E-state index contributed by atoms with van der Waals surface area (Å²) < 4.78 is 26.8. The Kier molecular flexibility index (Phi) is 6.28. The number of fused-ring (bicyclic) bond motifs is 1. The van der Waals surface area contributed by atoms with Crippen LogP contribution in [0, 0.1) is 13.8 Å². The Hall–Kier alpha value is -2.81. The summed E-state index contributed by atoms with van der Waals surface area (Å²) in [5.41, 5.74) is 3.49. The maximum Gasteiger partial charge on any atom is 0.244 e. The molecule has 4 rings (SSSR count). The van der Waals surface area contributed by atoms with Gasteiger partial charge < -0.3 is 0 Å². The largest absolute Gasteiger partial charge is 0.281 e. The SMILES string of the molecule is Cc1ccc(C)c2sc(N(Cc3ccccn3)C(=O)CS(=O)(=O)c3ccc(Cl)cc3)nc12. The predicted octanol–water partition coefficient (Wildman–Crippen LogP) is 4.97. The first-order valence-corrected chi connectivity index (χ1v) is 12.6. The van der Waals surface area contributed by atoms with E-state index < -0.39 is 21.5 Å². The van der Waals surface area contributed by atoms with Crippen molar-refractivity contribution in [2.24, 2.45) is 0 Å². The maximum absolute atomic E-state index is 13.3. The number of amides is 1. The van der Waals surface area contributed by atoms with Crippen LogP contribution in [0.1, 0.15) is 16.8 Å². The second kappa shape index (κ2) is 8.97. The summed E-state index contributed by atoms with van der Waals surface area (Å²) in [7, 11) is -3.86. The lowest BCUT2D eigenvalue weighted by Gasteiger charge is -2.19. The molecule has 2 heterocycles. The van der Waals surface area contributed by atoms with Crippen molar-refractivity contribution in [2.45, 2.75) is 25.3 Å². The minimum atomic E-state index is -3.86. The van der Waals surface area contributed by atoms with Crippen molar-refractivity contribution in [3.63, 3.8) is 0 Å². The first kappa shape index (κ1) is 22.4. The van der Waals surface area contributed by atoms with Gasteiger partial charge in [0.25, 0.3) is 0 Å². The molecule has 2 aromatic carbocycles. The molecule has 0 bridgehead atoms. The summed E-state index contributed by atoms with van der Waals surface area (Å²) in [5, 5.41) is 0.867. The number of benzene rings is 2. The van der Waals surface area contributed by atoms with Gasteiger partial charge in [-0.05, 0) is 61.4 Å². The number of thiazole rings is 1. The van der Waals surface area contributed by atoms with Gasteiger partial charge in [0.15, 0.2) is 15.0 Å². The highest BCUT2D eigenvalue weighted by Crippen LogP contribution is 2.34. The van der Waals surface area contributed by atoms with Gasteiger partial charge in [0.1, 0.15) is 5.75 Å². The van der Waals surface area contributed by atoms with Crippen LogP contribution in [0.5, 0.6) is 0 Å². The zero-order chi connectivity index (χ0) is 22.9. The van der Waals surface area contributed by atoms with Crippen molar-refractivity contribution in [3.8, 4) is 0 Å². The molecule has 6 nitrogen and oxygen atoms in total. The second-order valence-electron chi connectivity index (χ2n) is 7.39. The molecule has 164 valence electrons. The summed E-state index contributed by atoms with van der Waals surface area (Å²) in [5.74, 6) is -1.25. The first-order valence-electron chi connectivity index (χ1n) is 9.80. The molecule has 0 aliphatic rings. The molecule has 0 atom stereocenters. The normalized spacial score (nSPS) is 11.6. The highest BCUT2D eigenvalue weighted by atomic mass is 35.5. The minimum Gasteiger partial charge on any atom is -0.281 e. The van der Waals surface area contributed by atoms with Crippen molar-refractivity contribution in [1.29, 1.82) is 0 Å². The lowest BCUT2D eigenvalue weighted by Crippen LogP contribution is -2.35. The van der Waals surface area contributed by atoms with E-state index in [0.29, 0.717) is 15.8 Å². The molecule has 0 fully saturated rings. The number of aryl methyl sites for hydroxylation is 2. The Morgan fingerprint density at radius 3 is 2.41 bits per heavy atom. The molecule has 1 amide bonds. The van der Waals surface area contributed by atoms with Gasteiger partial charge >= 0.3 is 0 Å². The summed E-state index contributed by atoms with van der Waals surface area (Å²) in [6.07, 6.45) is 1.63. The van der Waals surface area contributed by atoms with E-state index in [1.165, 1.54) is 40.5 Å². The van der Waals surface area contributed by atoms with Gasteiger partial charge in [0.05, 0.1) is 27.4 Å². The van der Waals surface area contributed by atoms with E-state index in [0.717, 1.165) is 21.3 Å². The number of sulfone groups is 1. The Morgan fingerprint density at radius 1 is 1.03 bits per heavy atom. The van der Waals surface area contributed by atoms with Crippen LogP contribution in [-0.4, -0.2) is 30.0 Å². The van der Waals surface area contributed by atoms with E-state index in [9.17, 15) is 13.2 Å². The van der Waals surface area contributed by atoms with Crippen LogP contribution in [0.25, 0.3) is 10.2 Å². The molecule has 0 saturated heterocycles. The molecule has 0 radical (unpaired) electrons. The summed E-state index contributed by atoms with van der Waals surface area (Å²) in [4.78, 5) is 23.7. The van der Waals surface area contributed by atoms with Crippen molar-refractivity contribution in [2.75, 3.05) is 10.7 Å². The summed E-state index contributed by atoms with van der Waals surface area (Å²) >= 11 is 7.24. The Bertz CT molecular complexity index is 1350. The Labute approximate surface area is 195 Å². The zero-order valence-electron chi connectivity index (χ0n) is 17.4. The number of nitrogens with zero attached hydrogens (tertiary/aromatic N) is 3. The predicted molar refractivity (Wildman–Crippen MR) is 128 cm³/mol. The fraction of sp³-hybridized carbons (Fsp3) is 0.174. The van der Waals surface area contributed by atoms with Crippen molar-refractivity contribution in [3.05, 3.63) is 82.6 Å². The number of hydrogen-bond donors (Lipinski definition) is 0. The third-order valence-electron chi connectivity index (χ3n) is 5.00. The van der Waals surface area contributed by atoms with Crippen LogP contribution < -0.4 is 4.90 Å². The molecule has 9 heteroatoms. The van der Waals surface area contributed by atoms with Crippen molar-refractivity contribution in [1.82, 2.24) is 9.97 Å². The summed E-state index contributed by atoms with van der Waals surface area (Å²) in [6, 6.07) is 15.2. The number of hydrogen-bond acceptors (Lipinski definition) is 6. The fourth-order valence-corrected chi connectivity index (χ4v) is 5.70. The van der Waals surface area contributed by atoms with Gasteiger partial charge in [-0.25, -0.2) is 13.4 Å².